The van der Waals surface area contributed by atoms with Crippen LogP contribution in [0.2, 0.25) is 0 Å². The van der Waals surface area contributed by atoms with Crippen LogP contribution in [0.15, 0.2) is 23.0 Å². The average molecular weight is 181 g/mol. The van der Waals surface area contributed by atoms with Crippen molar-refractivity contribution >= 4 is 0 Å². The predicted octanol–water partition coefficient (Wildman–Crippen LogP) is 1.72. The normalized spacial score (nSPS) is 29.0. The largest absolute Gasteiger partial charge is 0.472 e. The summed E-state index contributed by atoms with van der Waals surface area (Å²) in [5.41, 5.74) is 1.15. The maximum absolute atomic E-state index is 5.65. The van der Waals surface area contributed by atoms with E-state index in [2.05, 4.69) is 5.32 Å². The first-order valence-corrected chi connectivity index (χ1v) is 4.71. The van der Waals surface area contributed by atoms with Gasteiger partial charge in [-0.25, -0.2) is 0 Å². The van der Waals surface area contributed by atoms with Gasteiger partial charge in [0.1, 0.15) is 0 Å². The Kier molecular flexibility index (Phi) is 2.66. The average Bonchev–Trinajstić information content (AvgIpc) is 2.71. The summed E-state index contributed by atoms with van der Waals surface area (Å²) in [6, 6.07) is 2.55. The van der Waals surface area contributed by atoms with E-state index in [-0.39, 0.29) is 6.10 Å². The Hall–Kier alpha value is -0.800. The summed E-state index contributed by atoms with van der Waals surface area (Å²) in [4.78, 5) is 0. The Bertz CT molecular complexity index is 245. The topological polar surface area (TPSA) is 34.4 Å². The molecule has 1 aliphatic rings. The van der Waals surface area contributed by atoms with Crippen molar-refractivity contribution in [1.29, 1.82) is 0 Å². The molecule has 1 N–H and O–H groups in total. The van der Waals surface area contributed by atoms with Crippen molar-refractivity contribution in [3.8, 4) is 0 Å². The quantitative estimate of drug-likeness (QED) is 0.754. The van der Waals surface area contributed by atoms with Crippen LogP contribution in [-0.2, 0) is 4.74 Å². The fraction of sp³-hybridized carbons (Fsp3) is 0.600. The van der Waals surface area contributed by atoms with Crippen molar-refractivity contribution in [2.24, 2.45) is 0 Å². The Labute approximate surface area is 78.1 Å². The Morgan fingerprint density at radius 1 is 1.54 bits per heavy atom. The van der Waals surface area contributed by atoms with E-state index >= 15 is 0 Å². The first-order valence-electron chi connectivity index (χ1n) is 4.71. The minimum Gasteiger partial charge on any atom is -0.472 e. The van der Waals surface area contributed by atoms with Gasteiger partial charge in [-0.15, -0.1) is 0 Å². The van der Waals surface area contributed by atoms with E-state index in [1.807, 2.05) is 13.1 Å². The first kappa shape index (κ1) is 8.78. The molecule has 2 unspecified atom stereocenters. The van der Waals surface area contributed by atoms with Gasteiger partial charge in [0.2, 0.25) is 0 Å². The second-order valence-electron chi connectivity index (χ2n) is 3.43. The summed E-state index contributed by atoms with van der Waals surface area (Å²) in [6.45, 7) is 0.835. The van der Waals surface area contributed by atoms with Crippen LogP contribution in [0.1, 0.15) is 24.5 Å². The molecule has 0 aromatic carbocycles. The summed E-state index contributed by atoms with van der Waals surface area (Å²) in [5, 5.41) is 3.29. The van der Waals surface area contributed by atoms with E-state index in [0.717, 1.165) is 25.0 Å². The third-order valence-electron chi connectivity index (χ3n) is 2.61. The number of rotatable bonds is 2. The maximum atomic E-state index is 5.65. The SMILES string of the molecule is CNC1CCOC(c2ccoc2)C1. The van der Waals surface area contributed by atoms with Crippen LogP contribution in [0.4, 0.5) is 0 Å². The van der Waals surface area contributed by atoms with Crippen LogP contribution in [0.3, 0.4) is 0 Å². The molecule has 1 aromatic heterocycles. The molecule has 3 nitrogen and oxygen atoms in total. The first-order chi connectivity index (χ1) is 6.40. The molecule has 1 aliphatic heterocycles. The Morgan fingerprint density at radius 3 is 3.15 bits per heavy atom. The van der Waals surface area contributed by atoms with E-state index in [4.69, 9.17) is 9.15 Å². The van der Waals surface area contributed by atoms with Gasteiger partial charge in [0.15, 0.2) is 0 Å². The molecule has 0 amide bonds. The number of nitrogens with one attached hydrogen (secondary N) is 1. The van der Waals surface area contributed by atoms with Gasteiger partial charge in [-0.05, 0) is 26.0 Å². The molecule has 2 rings (SSSR count). The van der Waals surface area contributed by atoms with Crippen molar-refractivity contribution in [3.05, 3.63) is 24.2 Å². The van der Waals surface area contributed by atoms with E-state index < -0.39 is 0 Å². The van der Waals surface area contributed by atoms with Crippen LogP contribution >= 0.6 is 0 Å². The third-order valence-corrected chi connectivity index (χ3v) is 2.61. The number of furan rings is 1. The van der Waals surface area contributed by atoms with Crippen LogP contribution in [0.25, 0.3) is 0 Å². The zero-order valence-corrected chi connectivity index (χ0v) is 7.82. The van der Waals surface area contributed by atoms with E-state index in [1.165, 1.54) is 0 Å². The highest BCUT2D eigenvalue weighted by Crippen LogP contribution is 2.27. The second kappa shape index (κ2) is 3.94. The Balaban J connectivity index is 2.00. The van der Waals surface area contributed by atoms with E-state index in [0.29, 0.717) is 6.04 Å². The highest BCUT2D eigenvalue weighted by atomic mass is 16.5. The van der Waals surface area contributed by atoms with Crippen LogP contribution in [0.5, 0.6) is 0 Å². The van der Waals surface area contributed by atoms with Gasteiger partial charge in [-0.2, -0.15) is 0 Å². The van der Waals surface area contributed by atoms with Gasteiger partial charge in [0.05, 0.1) is 18.6 Å². The minimum absolute atomic E-state index is 0.213. The van der Waals surface area contributed by atoms with Crippen molar-refractivity contribution < 1.29 is 9.15 Å². The van der Waals surface area contributed by atoms with E-state index in [1.54, 1.807) is 12.5 Å². The smallest absolute Gasteiger partial charge is 0.0960 e. The molecule has 0 bridgehead atoms. The monoisotopic (exact) mass is 181 g/mol. The molecule has 0 saturated carbocycles. The summed E-state index contributed by atoms with van der Waals surface area (Å²) < 4.78 is 10.7. The molecule has 13 heavy (non-hydrogen) atoms. The van der Waals surface area contributed by atoms with Crippen molar-refractivity contribution in [2.45, 2.75) is 25.0 Å². The lowest BCUT2D eigenvalue weighted by atomic mass is 10.00. The van der Waals surface area contributed by atoms with Gasteiger partial charge in [0.25, 0.3) is 0 Å². The summed E-state index contributed by atoms with van der Waals surface area (Å²) in [5.74, 6) is 0. The maximum Gasteiger partial charge on any atom is 0.0960 e. The van der Waals surface area contributed by atoms with Crippen molar-refractivity contribution in [3.63, 3.8) is 0 Å². The second-order valence-corrected chi connectivity index (χ2v) is 3.43. The lowest BCUT2D eigenvalue weighted by Crippen LogP contribution is -2.33. The molecule has 72 valence electrons. The minimum atomic E-state index is 0.213. The molecule has 1 aromatic rings. The molecule has 2 heterocycles. The van der Waals surface area contributed by atoms with Gasteiger partial charge in [0, 0.05) is 18.2 Å². The van der Waals surface area contributed by atoms with Crippen LogP contribution in [0, 0.1) is 0 Å². The van der Waals surface area contributed by atoms with Crippen molar-refractivity contribution in [1.82, 2.24) is 5.32 Å². The Morgan fingerprint density at radius 2 is 2.46 bits per heavy atom. The lowest BCUT2D eigenvalue weighted by Gasteiger charge is -2.28. The number of hydrogen-bond acceptors (Lipinski definition) is 3. The third kappa shape index (κ3) is 1.92. The molecule has 0 aliphatic carbocycles. The molecular weight excluding hydrogens is 166 g/mol. The molecular formula is C10H15NO2. The summed E-state index contributed by atoms with van der Waals surface area (Å²) >= 11 is 0. The number of ether oxygens (including phenoxy) is 1. The molecule has 2 atom stereocenters. The van der Waals surface area contributed by atoms with Crippen LogP contribution in [-0.4, -0.2) is 19.7 Å². The molecule has 0 radical (unpaired) electrons. The zero-order chi connectivity index (χ0) is 9.10. The fourth-order valence-corrected chi connectivity index (χ4v) is 1.75. The van der Waals surface area contributed by atoms with Gasteiger partial charge in [-0.3, -0.25) is 0 Å². The van der Waals surface area contributed by atoms with Gasteiger partial charge < -0.3 is 14.5 Å². The van der Waals surface area contributed by atoms with Gasteiger partial charge >= 0.3 is 0 Å². The molecule has 1 fully saturated rings. The van der Waals surface area contributed by atoms with Crippen molar-refractivity contribution in [2.75, 3.05) is 13.7 Å². The molecule has 1 saturated heterocycles. The van der Waals surface area contributed by atoms with Gasteiger partial charge in [-0.1, -0.05) is 0 Å². The summed E-state index contributed by atoms with van der Waals surface area (Å²) in [7, 11) is 2.00. The standard InChI is InChI=1S/C10H15NO2/c1-11-9-3-5-13-10(6-9)8-2-4-12-7-8/h2,4,7,9-11H,3,5-6H2,1H3. The fourth-order valence-electron chi connectivity index (χ4n) is 1.75. The predicted molar refractivity (Wildman–Crippen MR) is 49.5 cm³/mol. The molecule has 3 heteroatoms. The zero-order valence-electron chi connectivity index (χ0n) is 7.82. The molecule has 0 spiro atoms. The van der Waals surface area contributed by atoms with Crippen LogP contribution < -0.4 is 5.32 Å². The van der Waals surface area contributed by atoms with E-state index in [9.17, 15) is 0 Å². The lowest BCUT2D eigenvalue weighted by molar-refractivity contribution is 0.00124. The highest BCUT2D eigenvalue weighted by molar-refractivity contribution is 5.10. The number of hydrogen-bond donors (Lipinski definition) is 1. The summed E-state index contributed by atoms with van der Waals surface area (Å²) in [6.07, 6.45) is 5.82. The highest BCUT2D eigenvalue weighted by Gasteiger charge is 2.23.